The molecule has 1 fully saturated rings. The number of piperidine rings is 1. The van der Waals surface area contributed by atoms with Crippen molar-refractivity contribution < 1.29 is 4.79 Å². The molecule has 0 saturated carbocycles. The van der Waals surface area contributed by atoms with Crippen molar-refractivity contribution in [2.75, 3.05) is 6.54 Å². The van der Waals surface area contributed by atoms with Gasteiger partial charge in [-0.2, -0.15) is 0 Å². The molecular weight excluding hydrogens is 240 g/mol. The molecule has 0 bridgehead atoms. The van der Waals surface area contributed by atoms with Crippen LogP contribution < -0.4 is 0 Å². The summed E-state index contributed by atoms with van der Waals surface area (Å²) in [6, 6.07) is 0.254. The molecule has 1 aliphatic rings. The van der Waals surface area contributed by atoms with Gasteiger partial charge in [0.2, 0.25) is 5.82 Å². The molecule has 3 unspecified atom stereocenters. The van der Waals surface area contributed by atoms with E-state index in [-0.39, 0.29) is 17.9 Å². The van der Waals surface area contributed by atoms with Crippen molar-refractivity contribution >= 4 is 5.91 Å². The first-order chi connectivity index (χ1) is 8.90. The van der Waals surface area contributed by atoms with Crippen molar-refractivity contribution in [3.05, 3.63) is 11.6 Å². The van der Waals surface area contributed by atoms with Crippen LogP contribution in [0.4, 0.5) is 0 Å². The third-order valence-corrected chi connectivity index (χ3v) is 4.10. The summed E-state index contributed by atoms with van der Waals surface area (Å²) in [5, 5.41) is 6.92. The molecule has 3 atom stereocenters. The van der Waals surface area contributed by atoms with Crippen LogP contribution in [0.3, 0.4) is 0 Å². The number of nitrogens with one attached hydrogen (secondary N) is 1. The molecule has 0 spiro atoms. The summed E-state index contributed by atoms with van der Waals surface area (Å²) in [6.07, 6.45) is 1.18. The number of rotatable bonds is 2. The van der Waals surface area contributed by atoms with E-state index in [0.29, 0.717) is 17.7 Å². The van der Waals surface area contributed by atoms with Gasteiger partial charge in [-0.1, -0.05) is 27.7 Å². The van der Waals surface area contributed by atoms with Crippen LogP contribution in [-0.2, 0) is 0 Å². The second kappa shape index (κ2) is 5.31. The molecule has 2 heterocycles. The van der Waals surface area contributed by atoms with Gasteiger partial charge < -0.3 is 4.90 Å². The van der Waals surface area contributed by atoms with E-state index in [9.17, 15) is 4.79 Å². The highest BCUT2D eigenvalue weighted by molar-refractivity contribution is 5.90. The number of H-pyrrole nitrogens is 1. The molecular formula is C14H24N4O. The summed E-state index contributed by atoms with van der Waals surface area (Å²) in [5.41, 5.74) is 0. The van der Waals surface area contributed by atoms with E-state index in [4.69, 9.17) is 0 Å². The number of hydrogen-bond acceptors (Lipinski definition) is 3. The third kappa shape index (κ3) is 2.80. The van der Waals surface area contributed by atoms with E-state index >= 15 is 0 Å². The van der Waals surface area contributed by atoms with Crippen LogP contribution >= 0.6 is 0 Å². The predicted octanol–water partition coefficient (Wildman–Crippen LogP) is 2.43. The highest BCUT2D eigenvalue weighted by atomic mass is 16.2. The molecule has 5 heteroatoms. The maximum absolute atomic E-state index is 12.5. The fraction of sp³-hybridized carbons (Fsp3) is 0.786. The van der Waals surface area contributed by atoms with E-state index in [1.807, 2.05) is 18.7 Å². The van der Waals surface area contributed by atoms with E-state index in [0.717, 1.165) is 12.4 Å². The van der Waals surface area contributed by atoms with E-state index in [1.54, 1.807) is 0 Å². The van der Waals surface area contributed by atoms with Crippen molar-refractivity contribution in [1.29, 1.82) is 0 Å². The number of aromatic nitrogens is 3. The van der Waals surface area contributed by atoms with Crippen LogP contribution in [0.5, 0.6) is 0 Å². The van der Waals surface area contributed by atoms with Crippen molar-refractivity contribution in [2.24, 2.45) is 11.8 Å². The maximum atomic E-state index is 12.5. The van der Waals surface area contributed by atoms with Crippen molar-refractivity contribution in [1.82, 2.24) is 20.1 Å². The molecule has 1 saturated heterocycles. The average Bonchev–Trinajstić information content (AvgIpc) is 2.82. The van der Waals surface area contributed by atoms with Crippen molar-refractivity contribution in [2.45, 2.75) is 53.0 Å². The Kier molecular flexibility index (Phi) is 3.92. The highest BCUT2D eigenvalue weighted by Gasteiger charge is 2.33. The van der Waals surface area contributed by atoms with Crippen LogP contribution in [0.25, 0.3) is 0 Å². The van der Waals surface area contributed by atoms with E-state index < -0.39 is 0 Å². The lowest BCUT2D eigenvalue weighted by atomic mass is 9.86. The number of nitrogens with zero attached hydrogens (tertiary/aromatic N) is 3. The molecule has 0 aromatic carbocycles. The van der Waals surface area contributed by atoms with Gasteiger partial charge in [-0.3, -0.25) is 9.89 Å². The molecule has 1 amide bonds. The van der Waals surface area contributed by atoms with Crippen LogP contribution in [0.1, 0.15) is 63.4 Å². The number of likely N-dealkylation sites (tertiary alicyclic amines) is 1. The van der Waals surface area contributed by atoms with E-state index in [1.165, 1.54) is 6.42 Å². The number of carbonyl (C=O) groups is 1. The van der Waals surface area contributed by atoms with Crippen LogP contribution in [0.15, 0.2) is 0 Å². The molecule has 5 nitrogen and oxygen atoms in total. The zero-order valence-electron chi connectivity index (χ0n) is 12.5. The minimum Gasteiger partial charge on any atom is -0.333 e. The second-order valence-electron chi connectivity index (χ2n) is 6.22. The van der Waals surface area contributed by atoms with Crippen molar-refractivity contribution in [3.63, 3.8) is 0 Å². The molecule has 19 heavy (non-hydrogen) atoms. The Morgan fingerprint density at radius 3 is 2.63 bits per heavy atom. The first-order valence-corrected chi connectivity index (χ1v) is 7.13. The van der Waals surface area contributed by atoms with Gasteiger partial charge in [-0.15, -0.1) is 5.10 Å². The molecule has 106 valence electrons. The van der Waals surface area contributed by atoms with Crippen LogP contribution in [0, 0.1) is 11.8 Å². The molecule has 0 radical (unpaired) electrons. The fourth-order valence-corrected chi connectivity index (χ4v) is 2.74. The summed E-state index contributed by atoms with van der Waals surface area (Å²) in [4.78, 5) is 18.8. The normalized spacial score (nSPS) is 27.9. The fourth-order valence-electron chi connectivity index (χ4n) is 2.74. The van der Waals surface area contributed by atoms with Crippen molar-refractivity contribution in [3.8, 4) is 0 Å². The Morgan fingerprint density at radius 1 is 1.37 bits per heavy atom. The highest BCUT2D eigenvalue weighted by Crippen LogP contribution is 2.27. The summed E-state index contributed by atoms with van der Waals surface area (Å²) in [7, 11) is 0. The Hall–Kier alpha value is -1.39. The zero-order valence-corrected chi connectivity index (χ0v) is 12.5. The van der Waals surface area contributed by atoms with Gasteiger partial charge in [0, 0.05) is 18.5 Å². The van der Waals surface area contributed by atoms with E-state index in [2.05, 4.69) is 36.0 Å². The first kappa shape index (κ1) is 14.0. The maximum Gasteiger partial charge on any atom is 0.293 e. The molecule has 1 aromatic heterocycles. The molecule has 1 N–H and O–H groups in total. The second-order valence-corrected chi connectivity index (χ2v) is 6.22. The molecule has 1 aromatic rings. The van der Waals surface area contributed by atoms with Gasteiger partial charge in [0.1, 0.15) is 5.82 Å². The minimum atomic E-state index is -0.0472. The van der Waals surface area contributed by atoms with Gasteiger partial charge >= 0.3 is 0 Å². The molecule has 2 rings (SSSR count). The monoisotopic (exact) mass is 264 g/mol. The molecule has 1 aliphatic heterocycles. The summed E-state index contributed by atoms with van der Waals surface area (Å²) >= 11 is 0. The van der Waals surface area contributed by atoms with Crippen LogP contribution in [-0.4, -0.2) is 38.6 Å². The minimum absolute atomic E-state index is 0.0472. The Bertz CT molecular complexity index is 454. The Balaban J connectivity index is 2.17. The summed E-state index contributed by atoms with van der Waals surface area (Å²) < 4.78 is 0. The number of hydrogen-bond donors (Lipinski definition) is 1. The number of aromatic amines is 1. The predicted molar refractivity (Wildman–Crippen MR) is 73.9 cm³/mol. The SMILES string of the molecule is CC1CC(C)C(C)N(C(=O)c2n[nH]c(C(C)C)n2)C1. The Labute approximate surface area is 114 Å². The van der Waals surface area contributed by atoms with Gasteiger partial charge in [0.15, 0.2) is 0 Å². The van der Waals surface area contributed by atoms with Gasteiger partial charge in [-0.25, -0.2) is 4.98 Å². The lowest BCUT2D eigenvalue weighted by Gasteiger charge is -2.40. The average molecular weight is 264 g/mol. The number of amides is 1. The van der Waals surface area contributed by atoms with Gasteiger partial charge in [0.25, 0.3) is 5.91 Å². The molecule has 0 aliphatic carbocycles. The first-order valence-electron chi connectivity index (χ1n) is 7.13. The standard InChI is InChI=1S/C14H24N4O/c1-8(2)12-15-13(17-16-12)14(19)18-7-9(3)6-10(4)11(18)5/h8-11H,6-7H2,1-5H3,(H,15,16,17). The third-order valence-electron chi connectivity index (χ3n) is 4.10. The zero-order chi connectivity index (χ0) is 14.2. The van der Waals surface area contributed by atoms with Gasteiger partial charge in [0.05, 0.1) is 0 Å². The van der Waals surface area contributed by atoms with Crippen LogP contribution in [0.2, 0.25) is 0 Å². The lowest BCUT2D eigenvalue weighted by Crippen LogP contribution is -2.49. The lowest BCUT2D eigenvalue weighted by molar-refractivity contribution is 0.0444. The smallest absolute Gasteiger partial charge is 0.293 e. The largest absolute Gasteiger partial charge is 0.333 e. The summed E-state index contributed by atoms with van der Waals surface area (Å²) in [6.45, 7) is 11.4. The summed E-state index contributed by atoms with van der Waals surface area (Å²) in [5.74, 6) is 2.35. The quantitative estimate of drug-likeness (QED) is 0.892. The topological polar surface area (TPSA) is 61.9 Å². The van der Waals surface area contributed by atoms with Gasteiger partial charge in [-0.05, 0) is 25.2 Å². The Morgan fingerprint density at radius 2 is 2.05 bits per heavy atom. The number of carbonyl (C=O) groups excluding carboxylic acids is 1.